The molecule has 0 saturated carbocycles. The number of rotatable bonds is 7. The summed E-state index contributed by atoms with van der Waals surface area (Å²) in [4.78, 5) is 26.5. The highest BCUT2D eigenvalue weighted by molar-refractivity contribution is 5.98. The van der Waals surface area contributed by atoms with Crippen LogP contribution in [0.15, 0.2) is 30.9 Å². The molecule has 0 unspecified atom stereocenters. The smallest absolute Gasteiger partial charge is 0.407 e. The van der Waals surface area contributed by atoms with Crippen molar-refractivity contribution in [1.82, 2.24) is 10.3 Å². The lowest BCUT2D eigenvalue weighted by Crippen LogP contribution is -2.28. The van der Waals surface area contributed by atoms with E-state index in [1.807, 2.05) is 18.2 Å². The van der Waals surface area contributed by atoms with Gasteiger partial charge in [0, 0.05) is 10.9 Å². The molecule has 3 rings (SSSR count). The van der Waals surface area contributed by atoms with Gasteiger partial charge in [-0.05, 0) is 42.6 Å². The summed E-state index contributed by atoms with van der Waals surface area (Å²) in [5, 5.41) is 3.71. The van der Waals surface area contributed by atoms with E-state index in [0.717, 1.165) is 22.0 Å². The Hall–Kier alpha value is -2.80. The van der Waals surface area contributed by atoms with Gasteiger partial charge in [0.2, 0.25) is 0 Å². The number of alkyl carbamates (subject to hydrolysis) is 1. The minimum Gasteiger partial charge on any atom is -0.457 e. The second-order valence-corrected chi connectivity index (χ2v) is 5.93. The first-order chi connectivity index (χ1) is 12.1. The fourth-order valence-corrected chi connectivity index (χ4v) is 3.03. The zero-order valence-corrected chi connectivity index (χ0v) is 13.8. The molecule has 0 aliphatic carbocycles. The van der Waals surface area contributed by atoms with Crippen LogP contribution >= 0.6 is 0 Å². The number of hydrogen-bond acceptors (Lipinski definition) is 5. The largest absolute Gasteiger partial charge is 0.457 e. The molecule has 7 heteroatoms. The van der Waals surface area contributed by atoms with Crippen molar-refractivity contribution >= 4 is 23.0 Å². The molecule has 1 amide bonds. The van der Waals surface area contributed by atoms with Crippen molar-refractivity contribution in [3.63, 3.8) is 0 Å². The van der Waals surface area contributed by atoms with Gasteiger partial charge in [-0.3, -0.25) is 0 Å². The molecule has 2 aromatic rings. The molecule has 1 aliphatic rings. The second kappa shape index (κ2) is 7.40. The Labute approximate surface area is 145 Å². The van der Waals surface area contributed by atoms with E-state index in [4.69, 9.17) is 15.2 Å². The lowest BCUT2D eigenvalue weighted by atomic mass is 10.0. The molecular formula is C18H21N3O4. The van der Waals surface area contributed by atoms with E-state index in [1.165, 1.54) is 6.08 Å². The number of aromatic nitrogens is 1. The highest BCUT2D eigenvalue weighted by Crippen LogP contribution is 2.25. The Balaban J connectivity index is 1.91. The standard InChI is InChI=1S/C18H21N3O4/c1-2-7-24-17(22)16-13(5-6-19)14-9-11(3-4-15(14)21-16)8-12-10-25-18(23)20-12/h2-4,9,12,21H,1,5-8,10,19H2,(H,20,23)/t12-/m0/s1. The molecule has 0 radical (unpaired) electrons. The topological polar surface area (TPSA) is 106 Å². The molecule has 7 nitrogen and oxygen atoms in total. The third-order valence-electron chi connectivity index (χ3n) is 4.12. The first-order valence-electron chi connectivity index (χ1n) is 8.17. The fraction of sp³-hybridized carbons (Fsp3) is 0.333. The van der Waals surface area contributed by atoms with Gasteiger partial charge >= 0.3 is 12.1 Å². The van der Waals surface area contributed by atoms with Crippen molar-refractivity contribution in [1.29, 1.82) is 0 Å². The van der Waals surface area contributed by atoms with Gasteiger partial charge in [-0.15, -0.1) is 0 Å². The minimum atomic E-state index is -0.419. The number of nitrogens with one attached hydrogen (secondary N) is 2. The number of H-pyrrole nitrogens is 1. The lowest BCUT2D eigenvalue weighted by Gasteiger charge is -2.08. The van der Waals surface area contributed by atoms with Crippen LogP contribution < -0.4 is 11.1 Å². The summed E-state index contributed by atoms with van der Waals surface area (Å²) in [6.07, 6.45) is 2.36. The van der Waals surface area contributed by atoms with Crippen LogP contribution in [0.4, 0.5) is 4.79 Å². The molecule has 0 spiro atoms. The summed E-state index contributed by atoms with van der Waals surface area (Å²) in [5.41, 5.74) is 8.89. The quantitative estimate of drug-likeness (QED) is 0.524. The van der Waals surface area contributed by atoms with E-state index >= 15 is 0 Å². The molecule has 0 bridgehead atoms. The second-order valence-electron chi connectivity index (χ2n) is 5.93. The Morgan fingerprint density at radius 3 is 3.00 bits per heavy atom. The molecular weight excluding hydrogens is 322 g/mol. The minimum absolute atomic E-state index is 0.0427. The number of esters is 1. The van der Waals surface area contributed by atoms with Crippen LogP contribution in [0.1, 0.15) is 21.6 Å². The van der Waals surface area contributed by atoms with Gasteiger partial charge in [-0.2, -0.15) is 0 Å². The molecule has 1 aromatic heterocycles. The number of nitrogens with two attached hydrogens (primary N) is 1. The zero-order valence-electron chi connectivity index (χ0n) is 13.8. The highest BCUT2D eigenvalue weighted by atomic mass is 16.6. The predicted molar refractivity (Wildman–Crippen MR) is 93.5 cm³/mol. The lowest BCUT2D eigenvalue weighted by molar-refractivity contribution is 0.0542. The van der Waals surface area contributed by atoms with Gasteiger partial charge in [0.25, 0.3) is 0 Å². The average Bonchev–Trinajstić information content (AvgIpc) is 3.17. The highest BCUT2D eigenvalue weighted by Gasteiger charge is 2.23. The normalized spacial score (nSPS) is 16.5. The monoisotopic (exact) mass is 343 g/mol. The van der Waals surface area contributed by atoms with Crippen molar-refractivity contribution < 1.29 is 19.1 Å². The number of hydrogen-bond donors (Lipinski definition) is 3. The van der Waals surface area contributed by atoms with Crippen LogP contribution in [0.5, 0.6) is 0 Å². The Kier molecular flexibility index (Phi) is 5.04. The molecule has 1 atom stereocenters. The summed E-state index contributed by atoms with van der Waals surface area (Å²) < 4.78 is 10.1. The maximum atomic E-state index is 12.3. The number of cyclic esters (lactones) is 1. The summed E-state index contributed by atoms with van der Waals surface area (Å²) in [6.45, 7) is 4.48. The number of benzene rings is 1. The van der Waals surface area contributed by atoms with Crippen LogP contribution in [0.25, 0.3) is 10.9 Å². The third kappa shape index (κ3) is 3.66. The molecule has 1 aromatic carbocycles. The molecule has 1 fully saturated rings. The first kappa shape index (κ1) is 17.0. The SMILES string of the molecule is C=CCOC(=O)c1[nH]c2ccc(C[C@H]3COC(=O)N3)cc2c1CCN. The van der Waals surface area contributed by atoms with Crippen LogP contribution in [0.2, 0.25) is 0 Å². The van der Waals surface area contributed by atoms with Crippen LogP contribution in [0.3, 0.4) is 0 Å². The van der Waals surface area contributed by atoms with Gasteiger partial charge in [0.05, 0.1) is 6.04 Å². The van der Waals surface area contributed by atoms with Crippen molar-refractivity contribution in [3.05, 3.63) is 47.7 Å². The Bertz CT molecular complexity index is 812. The molecule has 4 N–H and O–H groups in total. The maximum Gasteiger partial charge on any atom is 0.407 e. The van der Waals surface area contributed by atoms with E-state index in [2.05, 4.69) is 16.9 Å². The number of carbonyl (C=O) groups excluding carboxylic acids is 2. The van der Waals surface area contributed by atoms with Crippen molar-refractivity contribution in [3.8, 4) is 0 Å². The number of aromatic amines is 1. The van der Waals surface area contributed by atoms with Crippen molar-refractivity contribution in [2.75, 3.05) is 19.8 Å². The number of amides is 1. The first-order valence-corrected chi connectivity index (χ1v) is 8.17. The zero-order chi connectivity index (χ0) is 17.8. The van der Waals surface area contributed by atoms with Gasteiger partial charge < -0.3 is 25.5 Å². The summed E-state index contributed by atoms with van der Waals surface area (Å²) >= 11 is 0. The number of ether oxygens (including phenoxy) is 2. The van der Waals surface area contributed by atoms with Gasteiger partial charge in [-0.25, -0.2) is 9.59 Å². The average molecular weight is 343 g/mol. The number of fused-ring (bicyclic) bond motifs is 1. The van der Waals surface area contributed by atoms with Crippen molar-refractivity contribution in [2.24, 2.45) is 5.73 Å². The van der Waals surface area contributed by atoms with Crippen molar-refractivity contribution in [2.45, 2.75) is 18.9 Å². The molecule has 132 valence electrons. The maximum absolute atomic E-state index is 12.3. The Morgan fingerprint density at radius 2 is 2.32 bits per heavy atom. The third-order valence-corrected chi connectivity index (χ3v) is 4.12. The van der Waals surface area contributed by atoms with Crippen LogP contribution in [0, 0.1) is 0 Å². The molecule has 1 aliphatic heterocycles. The summed E-state index contributed by atoms with van der Waals surface area (Å²) in [6, 6.07) is 5.87. The van der Waals surface area contributed by atoms with E-state index < -0.39 is 5.97 Å². The summed E-state index contributed by atoms with van der Waals surface area (Å²) in [7, 11) is 0. The number of carbonyl (C=O) groups is 2. The van der Waals surface area contributed by atoms with Crippen LogP contribution in [-0.2, 0) is 22.3 Å². The Morgan fingerprint density at radius 1 is 1.48 bits per heavy atom. The summed E-state index contributed by atoms with van der Waals surface area (Å²) in [5.74, 6) is -0.419. The van der Waals surface area contributed by atoms with Crippen LogP contribution in [-0.4, -0.2) is 42.8 Å². The van der Waals surface area contributed by atoms with E-state index in [-0.39, 0.29) is 18.7 Å². The molecule has 2 heterocycles. The van der Waals surface area contributed by atoms with E-state index in [0.29, 0.717) is 31.7 Å². The predicted octanol–water partition coefficient (Wildman–Crippen LogP) is 1.66. The van der Waals surface area contributed by atoms with Gasteiger partial charge in [0.15, 0.2) is 0 Å². The van der Waals surface area contributed by atoms with Gasteiger partial charge in [-0.1, -0.05) is 18.7 Å². The van der Waals surface area contributed by atoms with E-state index in [9.17, 15) is 9.59 Å². The fourth-order valence-electron chi connectivity index (χ4n) is 3.03. The molecule has 1 saturated heterocycles. The molecule has 25 heavy (non-hydrogen) atoms. The van der Waals surface area contributed by atoms with E-state index in [1.54, 1.807) is 0 Å². The van der Waals surface area contributed by atoms with Gasteiger partial charge in [0.1, 0.15) is 18.9 Å².